The molecular formula is C26H28N4O4. The van der Waals surface area contributed by atoms with Crippen LogP contribution in [0.5, 0.6) is 5.75 Å². The lowest BCUT2D eigenvalue weighted by atomic mass is 9.90. The number of nitro benzene ring substituents is 1. The van der Waals surface area contributed by atoms with Gasteiger partial charge in [0.2, 0.25) is 5.91 Å². The maximum atomic E-state index is 13.1. The Kier molecular flexibility index (Phi) is 6.57. The third-order valence-electron chi connectivity index (χ3n) is 6.14. The molecule has 3 aromatic rings. The zero-order valence-electron chi connectivity index (χ0n) is 19.8. The minimum absolute atomic E-state index is 0.0702. The predicted molar refractivity (Wildman–Crippen MR) is 131 cm³/mol. The van der Waals surface area contributed by atoms with Gasteiger partial charge in [-0.25, -0.2) is 0 Å². The first-order valence-electron chi connectivity index (χ1n) is 11.2. The molecule has 176 valence electrons. The molecule has 2 aromatic carbocycles. The van der Waals surface area contributed by atoms with E-state index < -0.39 is 0 Å². The summed E-state index contributed by atoms with van der Waals surface area (Å²) in [5, 5.41) is 12.0. The number of hydrogen-bond acceptors (Lipinski definition) is 5. The van der Waals surface area contributed by atoms with Crippen LogP contribution < -0.4 is 4.74 Å². The summed E-state index contributed by atoms with van der Waals surface area (Å²) in [6.07, 6.45) is 2.38. The number of aryl methyl sites for hydroxylation is 1. The van der Waals surface area contributed by atoms with Gasteiger partial charge in [0.05, 0.1) is 23.0 Å². The van der Waals surface area contributed by atoms with E-state index >= 15 is 0 Å². The topological polar surface area (TPSA) is 91.7 Å². The second-order valence-corrected chi connectivity index (χ2v) is 8.90. The highest BCUT2D eigenvalue weighted by Gasteiger charge is 2.30. The third-order valence-corrected chi connectivity index (χ3v) is 6.14. The van der Waals surface area contributed by atoms with E-state index in [2.05, 4.69) is 21.7 Å². The quantitative estimate of drug-likeness (QED) is 0.356. The summed E-state index contributed by atoms with van der Waals surface area (Å²) in [6.45, 7) is 3.68. The zero-order chi connectivity index (χ0) is 24.4. The van der Waals surface area contributed by atoms with Crippen molar-refractivity contribution < 1.29 is 14.5 Å². The highest BCUT2D eigenvalue weighted by Crippen LogP contribution is 2.35. The lowest BCUT2D eigenvalue weighted by Crippen LogP contribution is -2.38. The van der Waals surface area contributed by atoms with Gasteiger partial charge >= 0.3 is 0 Å². The van der Waals surface area contributed by atoms with Crippen molar-refractivity contribution in [3.63, 3.8) is 0 Å². The minimum atomic E-state index is -0.380. The van der Waals surface area contributed by atoms with Gasteiger partial charge in [-0.2, -0.15) is 0 Å². The number of amides is 1. The molecule has 1 aromatic heterocycles. The number of carbonyl (C=O) groups excluding carboxylic acids is 1. The fourth-order valence-corrected chi connectivity index (χ4v) is 4.16. The molecule has 0 fully saturated rings. The Morgan fingerprint density at radius 2 is 2.00 bits per heavy atom. The number of aromatic amines is 1. The number of hydrogen-bond donors (Lipinski definition) is 1. The molecule has 1 N–H and O–H groups in total. The van der Waals surface area contributed by atoms with E-state index in [1.165, 1.54) is 0 Å². The molecule has 0 saturated carbocycles. The molecule has 0 radical (unpaired) electrons. The van der Waals surface area contributed by atoms with Gasteiger partial charge in [0.15, 0.2) is 0 Å². The van der Waals surface area contributed by atoms with Crippen molar-refractivity contribution in [3.05, 3.63) is 68.9 Å². The molecule has 8 nitrogen and oxygen atoms in total. The molecule has 34 heavy (non-hydrogen) atoms. The number of nitro groups is 1. The van der Waals surface area contributed by atoms with Crippen LogP contribution in [0.25, 0.3) is 10.9 Å². The summed E-state index contributed by atoms with van der Waals surface area (Å²) in [5.41, 5.74) is 3.76. The number of aromatic nitrogens is 1. The zero-order valence-corrected chi connectivity index (χ0v) is 19.8. The van der Waals surface area contributed by atoms with Crippen molar-refractivity contribution in [2.24, 2.45) is 0 Å². The van der Waals surface area contributed by atoms with E-state index in [0.29, 0.717) is 41.8 Å². The first-order valence-corrected chi connectivity index (χ1v) is 11.2. The molecule has 1 aliphatic rings. The van der Waals surface area contributed by atoms with Crippen molar-refractivity contribution in [2.75, 3.05) is 40.8 Å². The van der Waals surface area contributed by atoms with Gasteiger partial charge in [0.25, 0.3) is 5.69 Å². The van der Waals surface area contributed by atoms with E-state index in [4.69, 9.17) is 4.74 Å². The van der Waals surface area contributed by atoms with Crippen molar-refractivity contribution in [3.8, 4) is 17.6 Å². The van der Waals surface area contributed by atoms with Gasteiger partial charge in [-0.3, -0.25) is 14.9 Å². The number of likely N-dealkylation sites (N-methyl/N-ethyl adjacent to an activating group) is 2. The smallest absolute Gasteiger partial charge is 0.273 e. The molecule has 0 saturated heterocycles. The summed E-state index contributed by atoms with van der Waals surface area (Å²) in [6, 6.07) is 8.98. The number of benzene rings is 2. The van der Waals surface area contributed by atoms with Crippen LogP contribution in [0, 0.1) is 28.9 Å². The molecule has 1 atom stereocenters. The molecule has 8 heteroatoms. The lowest BCUT2D eigenvalue weighted by Gasteiger charge is -2.29. The average molecular weight is 461 g/mol. The molecule has 0 aliphatic carbocycles. The normalized spacial score (nSPS) is 14.8. The van der Waals surface area contributed by atoms with Crippen LogP contribution in [0.1, 0.15) is 34.6 Å². The van der Waals surface area contributed by atoms with Crippen LogP contribution in [-0.4, -0.2) is 66.5 Å². The fourth-order valence-electron chi connectivity index (χ4n) is 4.16. The number of rotatable bonds is 5. The maximum Gasteiger partial charge on any atom is 0.273 e. The van der Waals surface area contributed by atoms with Gasteiger partial charge in [0, 0.05) is 60.0 Å². The lowest BCUT2D eigenvalue weighted by molar-refractivity contribution is -0.385. The number of fused-ring (bicyclic) bond motifs is 2. The first-order chi connectivity index (χ1) is 16.2. The maximum absolute atomic E-state index is 13.1. The van der Waals surface area contributed by atoms with Gasteiger partial charge in [-0.15, -0.1) is 0 Å². The molecule has 1 unspecified atom stereocenters. The van der Waals surface area contributed by atoms with E-state index in [-0.39, 0.29) is 22.4 Å². The number of carbonyl (C=O) groups is 1. The van der Waals surface area contributed by atoms with Crippen LogP contribution in [0.2, 0.25) is 0 Å². The second-order valence-electron chi connectivity index (χ2n) is 8.90. The third kappa shape index (κ3) is 4.75. The largest absolute Gasteiger partial charge is 0.493 e. The van der Waals surface area contributed by atoms with Gasteiger partial charge < -0.3 is 19.5 Å². The number of nitrogens with zero attached hydrogens (tertiary/aromatic N) is 3. The number of H-pyrrole nitrogens is 1. The summed E-state index contributed by atoms with van der Waals surface area (Å²) in [7, 11) is 5.81. The van der Waals surface area contributed by atoms with E-state index in [9.17, 15) is 14.9 Å². The van der Waals surface area contributed by atoms with E-state index in [1.807, 2.05) is 39.3 Å². The SMILES string of the molecule is Cc1cc2[nH]cc(C#Cc3ccc4c(c3)C(C(=O)N(C)CCN(C)C)CCO4)c2cc1[N+](=O)[O-]. The van der Waals surface area contributed by atoms with Crippen LogP contribution >= 0.6 is 0 Å². The minimum Gasteiger partial charge on any atom is -0.493 e. The number of nitrogens with one attached hydrogen (secondary N) is 1. The van der Waals surface area contributed by atoms with E-state index in [0.717, 1.165) is 23.2 Å². The summed E-state index contributed by atoms with van der Waals surface area (Å²) in [4.78, 5) is 31.1. The standard InChI is InChI=1S/C26H28N4O4/c1-17-13-23-21(15-24(17)30(32)33)19(16-27-23)7-5-18-6-8-25-22(14-18)20(9-12-34-25)26(31)29(4)11-10-28(2)3/h6,8,13-16,20,27H,9-12H2,1-4H3. The Morgan fingerprint density at radius 3 is 2.74 bits per heavy atom. The fraction of sp³-hybridized carbons (Fsp3) is 0.346. The predicted octanol–water partition coefficient (Wildman–Crippen LogP) is 3.67. The van der Waals surface area contributed by atoms with E-state index in [1.54, 1.807) is 30.2 Å². The Balaban J connectivity index is 1.63. The van der Waals surface area contributed by atoms with Crippen LogP contribution in [0.15, 0.2) is 36.5 Å². The summed E-state index contributed by atoms with van der Waals surface area (Å²) in [5.74, 6) is 6.81. The molecular weight excluding hydrogens is 432 g/mol. The van der Waals surface area contributed by atoms with Crippen molar-refractivity contribution in [1.29, 1.82) is 0 Å². The van der Waals surface area contributed by atoms with Crippen molar-refractivity contribution in [1.82, 2.24) is 14.8 Å². The van der Waals surface area contributed by atoms with Crippen LogP contribution in [-0.2, 0) is 4.79 Å². The molecule has 1 aliphatic heterocycles. The molecule has 0 spiro atoms. The molecule has 2 heterocycles. The Hall–Kier alpha value is -3.83. The van der Waals surface area contributed by atoms with Crippen molar-refractivity contribution in [2.45, 2.75) is 19.3 Å². The summed E-state index contributed by atoms with van der Waals surface area (Å²) >= 11 is 0. The van der Waals surface area contributed by atoms with Gasteiger partial charge in [0.1, 0.15) is 5.75 Å². The summed E-state index contributed by atoms with van der Waals surface area (Å²) < 4.78 is 5.80. The second kappa shape index (κ2) is 9.57. The first kappa shape index (κ1) is 23.3. The molecule has 0 bridgehead atoms. The average Bonchev–Trinajstić information content (AvgIpc) is 3.20. The Labute approximate surface area is 198 Å². The Bertz CT molecular complexity index is 1320. The molecule has 4 rings (SSSR count). The Morgan fingerprint density at radius 1 is 1.21 bits per heavy atom. The monoisotopic (exact) mass is 460 g/mol. The highest BCUT2D eigenvalue weighted by atomic mass is 16.6. The molecule has 1 amide bonds. The van der Waals surface area contributed by atoms with Crippen LogP contribution in [0.4, 0.5) is 5.69 Å². The highest BCUT2D eigenvalue weighted by molar-refractivity contribution is 5.89. The van der Waals surface area contributed by atoms with Gasteiger partial charge in [-0.1, -0.05) is 11.8 Å². The van der Waals surface area contributed by atoms with Crippen molar-refractivity contribution >= 4 is 22.5 Å². The number of ether oxygens (including phenoxy) is 1. The van der Waals surface area contributed by atoms with Crippen LogP contribution in [0.3, 0.4) is 0 Å². The van der Waals surface area contributed by atoms with Gasteiger partial charge in [-0.05, 0) is 51.7 Å².